The average Bonchev–Trinajstić information content (AvgIpc) is 2.48. The topological polar surface area (TPSA) is 55.4 Å². The van der Waals surface area contributed by atoms with Crippen LogP contribution in [0.1, 0.15) is 20.7 Å². The molecule has 0 spiro atoms. The summed E-state index contributed by atoms with van der Waals surface area (Å²) >= 11 is 2.13. The smallest absolute Gasteiger partial charge is 0.340 e. The van der Waals surface area contributed by atoms with Crippen LogP contribution in [0.2, 0.25) is 0 Å². The Hall–Kier alpha value is -1.96. The van der Waals surface area contributed by atoms with E-state index in [1.54, 1.807) is 24.3 Å². The number of methoxy groups -OCH3 is 1. The predicted molar refractivity (Wildman–Crippen MR) is 84.9 cm³/mol. The fourth-order valence-corrected chi connectivity index (χ4v) is 2.06. The molecule has 2 rings (SSSR count). The molecule has 2 aromatic carbocycles. The van der Waals surface area contributed by atoms with Crippen LogP contribution in [0, 0.1) is 9.39 Å². The Morgan fingerprint density at radius 2 is 1.81 bits per heavy atom. The van der Waals surface area contributed by atoms with Gasteiger partial charge in [0, 0.05) is 9.13 Å². The molecule has 0 fully saturated rings. The second-order valence-corrected chi connectivity index (χ2v) is 5.39. The minimum absolute atomic E-state index is 0.0311. The summed E-state index contributed by atoms with van der Waals surface area (Å²) in [5, 5.41) is 2.58. The van der Waals surface area contributed by atoms with Crippen LogP contribution >= 0.6 is 22.6 Å². The highest BCUT2D eigenvalue weighted by Crippen LogP contribution is 2.19. The molecule has 4 nitrogen and oxygen atoms in total. The zero-order chi connectivity index (χ0) is 15.4. The summed E-state index contributed by atoms with van der Waals surface area (Å²) in [5.41, 5.74) is 0.610. The molecule has 0 heterocycles. The van der Waals surface area contributed by atoms with E-state index in [1.165, 1.54) is 13.2 Å². The Bertz CT molecular complexity index is 686. The lowest BCUT2D eigenvalue weighted by molar-refractivity contribution is 0.0601. The predicted octanol–water partition coefficient (Wildman–Crippen LogP) is 3.47. The van der Waals surface area contributed by atoms with Crippen molar-refractivity contribution in [3.05, 3.63) is 63.0 Å². The highest BCUT2D eigenvalue weighted by atomic mass is 127. The molecular weight excluding hydrogens is 388 g/mol. The first-order chi connectivity index (χ1) is 10.0. The van der Waals surface area contributed by atoms with Crippen molar-refractivity contribution >= 4 is 40.2 Å². The van der Waals surface area contributed by atoms with Gasteiger partial charge >= 0.3 is 5.97 Å². The number of carbonyl (C=O) groups excluding carboxylic acids is 2. The van der Waals surface area contributed by atoms with Crippen LogP contribution in [-0.2, 0) is 4.74 Å². The van der Waals surface area contributed by atoms with E-state index >= 15 is 0 Å². The first-order valence-electron chi connectivity index (χ1n) is 5.96. The van der Waals surface area contributed by atoms with E-state index in [4.69, 9.17) is 0 Å². The van der Waals surface area contributed by atoms with E-state index < -0.39 is 11.8 Å². The van der Waals surface area contributed by atoms with Gasteiger partial charge < -0.3 is 10.1 Å². The molecule has 0 aliphatic carbocycles. The van der Waals surface area contributed by atoms with Crippen molar-refractivity contribution in [1.29, 1.82) is 0 Å². The van der Waals surface area contributed by atoms with Gasteiger partial charge in [0.25, 0.3) is 5.91 Å². The van der Waals surface area contributed by atoms with Gasteiger partial charge in [0.05, 0.1) is 18.4 Å². The zero-order valence-corrected chi connectivity index (χ0v) is 13.2. The normalized spacial score (nSPS) is 10.0. The SMILES string of the molecule is COC(=O)c1cc(F)ccc1NC(=O)c1ccc(I)cc1. The molecule has 1 N–H and O–H groups in total. The molecule has 21 heavy (non-hydrogen) atoms. The number of rotatable bonds is 3. The summed E-state index contributed by atoms with van der Waals surface area (Å²) in [6.07, 6.45) is 0. The van der Waals surface area contributed by atoms with Crippen LogP contribution in [0.25, 0.3) is 0 Å². The van der Waals surface area contributed by atoms with E-state index in [0.29, 0.717) is 5.56 Å². The average molecular weight is 399 g/mol. The molecule has 108 valence electrons. The molecular formula is C15H11FINO3. The van der Waals surface area contributed by atoms with Crippen LogP contribution in [0.15, 0.2) is 42.5 Å². The second-order valence-electron chi connectivity index (χ2n) is 4.14. The molecule has 0 aliphatic heterocycles. The Labute approximate surface area is 134 Å². The molecule has 0 atom stereocenters. The summed E-state index contributed by atoms with van der Waals surface area (Å²) in [5.74, 6) is -1.68. The molecule has 0 bridgehead atoms. The maximum absolute atomic E-state index is 13.2. The standard InChI is InChI=1S/C15H11FINO3/c1-21-15(20)12-8-10(16)4-7-13(12)18-14(19)9-2-5-11(17)6-3-9/h2-8H,1H3,(H,18,19). The minimum atomic E-state index is -0.715. The fraction of sp³-hybridized carbons (Fsp3) is 0.0667. The third-order valence-electron chi connectivity index (χ3n) is 2.74. The van der Waals surface area contributed by atoms with E-state index in [-0.39, 0.29) is 17.2 Å². The summed E-state index contributed by atoms with van der Waals surface area (Å²) in [6, 6.07) is 10.4. The van der Waals surface area contributed by atoms with Gasteiger partial charge in [-0.05, 0) is 65.1 Å². The zero-order valence-electron chi connectivity index (χ0n) is 11.0. The lowest BCUT2D eigenvalue weighted by Crippen LogP contribution is -2.15. The van der Waals surface area contributed by atoms with Crippen LogP contribution < -0.4 is 5.32 Å². The number of amides is 1. The summed E-state index contributed by atoms with van der Waals surface area (Å²) in [6.45, 7) is 0. The van der Waals surface area contributed by atoms with Crippen LogP contribution in [-0.4, -0.2) is 19.0 Å². The molecule has 1 amide bonds. The lowest BCUT2D eigenvalue weighted by atomic mass is 10.1. The van der Waals surface area contributed by atoms with E-state index in [0.717, 1.165) is 15.7 Å². The largest absolute Gasteiger partial charge is 0.465 e. The third-order valence-corrected chi connectivity index (χ3v) is 3.46. The summed E-state index contributed by atoms with van der Waals surface area (Å²) in [7, 11) is 1.19. The molecule has 6 heteroatoms. The van der Waals surface area contributed by atoms with E-state index in [1.807, 2.05) is 0 Å². The number of anilines is 1. The quantitative estimate of drug-likeness (QED) is 0.636. The maximum Gasteiger partial charge on any atom is 0.340 e. The fourth-order valence-electron chi connectivity index (χ4n) is 1.70. The molecule has 0 saturated heterocycles. The van der Waals surface area contributed by atoms with Crippen molar-refractivity contribution in [2.24, 2.45) is 0 Å². The third kappa shape index (κ3) is 3.78. The van der Waals surface area contributed by atoms with Gasteiger partial charge in [0.1, 0.15) is 5.82 Å². The maximum atomic E-state index is 13.2. The van der Waals surface area contributed by atoms with Gasteiger partial charge in [0.2, 0.25) is 0 Å². The first-order valence-corrected chi connectivity index (χ1v) is 7.04. The van der Waals surface area contributed by atoms with Gasteiger partial charge in [-0.25, -0.2) is 9.18 Å². The highest BCUT2D eigenvalue weighted by Gasteiger charge is 2.15. The number of carbonyl (C=O) groups is 2. The van der Waals surface area contributed by atoms with Crippen LogP contribution in [0.3, 0.4) is 0 Å². The highest BCUT2D eigenvalue weighted by molar-refractivity contribution is 14.1. The monoisotopic (exact) mass is 399 g/mol. The Kier molecular flexibility index (Phi) is 4.89. The molecule has 0 saturated carbocycles. The van der Waals surface area contributed by atoms with Crippen molar-refractivity contribution in [3.63, 3.8) is 0 Å². The van der Waals surface area contributed by atoms with E-state index in [2.05, 4.69) is 32.6 Å². The number of ether oxygens (including phenoxy) is 1. The molecule has 0 aliphatic rings. The van der Waals surface area contributed by atoms with Crippen molar-refractivity contribution in [3.8, 4) is 0 Å². The first kappa shape index (κ1) is 15.4. The Morgan fingerprint density at radius 3 is 2.43 bits per heavy atom. The number of esters is 1. The molecule has 0 radical (unpaired) electrons. The second kappa shape index (κ2) is 6.66. The lowest BCUT2D eigenvalue weighted by Gasteiger charge is -2.10. The van der Waals surface area contributed by atoms with Gasteiger partial charge in [-0.2, -0.15) is 0 Å². The number of hydrogen-bond donors (Lipinski definition) is 1. The Balaban J connectivity index is 2.28. The van der Waals surface area contributed by atoms with Gasteiger partial charge in [-0.3, -0.25) is 4.79 Å². The van der Waals surface area contributed by atoms with Crippen molar-refractivity contribution in [2.75, 3.05) is 12.4 Å². The van der Waals surface area contributed by atoms with Gasteiger partial charge in [-0.15, -0.1) is 0 Å². The van der Waals surface area contributed by atoms with Crippen molar-refractivity contribution in [2.45, 2.75) is 0 Å². The van der Waals surface area contributed by atoms with E-state index in [9.17, 15) is 14.0 Å². The summed E-state index contributed by atoms with van der Waals surface area (Å²) in [4.78, 5) is 23.7. The van der Waals surface area contributed by atoms with Crippen molar-refractivity contribution in [1.82, 2.24) is 0 Å². The number of benzene rings is 2. The molecule has 2 aromatic rings. The Morgan fingerprint density at radius 1 is 1.14 bits per heavy atom. The number of nitrogens with one attached hydrogen (secondary N) is 1. The minimum Gasteiger partial charge on any atom is -0.465 e. The van der Waals surface area contributed by atoms with Crippen LogP contribution in [0.4, 0.5) is 10.1 Å². The van der Waals surface area contributed by atoms with Gasteiger partial charge in [-0.1, -0.05) is 0 Å². The molecule has 0 unspecified atom stereocenters. The molecule has 0 aromatic heterocycles. The van der Waals surface area contributed by atoms with Crippen molar-refractivity contribution < 1.29 is 18.7 Å². The van der Waals surface area contributed by atoms with Gasteiger partial charge in [0.15, 0.2) is 0 Å². The van der Waals surface area contributed by atoms with Crippen LogP contribution in [0.5, 0.6) is 0 Å². The number of halogens is 2. The number of hydrogen-bond acceptors (Lipinski definition) is 3. The summed E-state index contributed by atoms with van der Waals surface area (Å²) < 4.78 is 18.8.